The summed E-state index contributed by atoms with van der Waals surface area (Å²) in [6.07, 6.45) is 5.40. The van der Waals surface area contributed by atoms with Gasteiger partial charge in [0.15, 0.2) is 5.65 Å². The van der Waals surface area contributed by atoms with Crippen molar-refractivity contribution in [1.29, 1.82) is 0 Å². The van der Waals surface area contributed by atoms with Gasteiger partial charge in [-0.25, -0.2) is 27.0 Å². The summed E-state index contributed by atoms with van der Waals surface area (Å²) in [5, 5.41) is 4.36. The van der Waals surface area contributed by atoms with E-state index < -0.39 is 10.0 Å². The van der Waals surface area contributed by atoms with Gasteiger partial charge >= 0.3 is 5.69 Å². The average Bonchev–Trinajstić information content (AvgIpc) is 3.39. The molecule has 0 aromatic carbocycles. The lowest BCUT2D eigenvalue weighted by molar-refractivity contribution is 0.453. The number of aryl methyl sites for hydroxylation is 1. The van der Waals surface area contributed by atoms with Crippen LogP contribution in [0.25, 0.3) is 27.9 Å². The van der Waals surface area contributed by atoms with Crippen LogP contribution < -0.4 is 5.69 Å². The first-order valence-corrected chi connectivity index (χ1v) is 11.2. The van der Waals surface area contributed by atoms with Crippen molar-refractivity contribution in [3.63, 3.8) is 0 Å². The zero-order valence-corrected chi connectivity index (χ0v) is 16.9. The molecule has 29 heavy (non-hydrogen) atoms. The van der Waals surface area contributed by atoms with Crippen LogP contribution >= 0.6 is 0 Å². The van der Waals surface area contributed by atoms with Gasteiger partial charge in [-0.1, -0.05) is 6.07 Å². The van der Waals surface area contributed by atoms with E-state index in [1.807, 2.05) is 36.5 Å². The van der Waals surface area contributed by atoms with Crippen LogP contribution in [-0.4, -0.2) is 55.8 Å². The number of imidazole rings is 1. The number of hydrogen-bond donors (Lipinski definition) is 0. The summed E-state index contributed by atoms with van der Waals surface area (Å²) in [4.78, 5) is 17.7. The third-order valence-electron chi connectivity index (χ3n) is 5.60. The average molecular weight is 412 g/mol. The fourth-order valence-electron chi connectivity index (χ4n) is 4.07. The predicted molar refractivity (Wildman–Crippen MR) is 109 cm³/mol. The Hall–Kier alpha value is -2.98. The maximum absolute atomic E-state index is 12.9. The molecule has 5 heterocycles. The molecule has 0 radical (unpaired) electrons. The molecule has 10 heteroatoms. The molecule has 0 unspecified atom stereocenters. The zero-order chi connectivity index (χ0) is 20.3. The third kappa shape index (κ3) is 2.78. The molecule has 1 fully saturated rings. The van der Waals surface area contributed by atoms with Crippen molar-refractivity contribution >= 4 is 26.7 Å². The Balaban J connectivity index is 1.67. The van der Waals surface area contributed by atoms with Crippen molar-refractivity contribution in [2.24, 2.45) is 7.05 Å². The van der Waals surface area contributed by atoms with Crippen LogP contribution in [0.3, 0.4) is 0 Å². The molecule has 1 aliphatic heterocycles. The molecule has 0 saturated carbocycles. The number of fused-ring (bicyclic) bond motifs is 2. The Kier molecular flexibility index (Phi) is 3.90. The smallest absolute Gasteiger partial charge is 0.293 e. The van der Waals surface area contributed by atoms with Gasteiger partial charge in [-0.3, -0.25) is 9.13 Å². The van der Waals surface area contributed by atoms with Crippen molar-refractivity contribution in [3.05, 3.63) is 53.2 Å². The van der Waals surface area contributed by atoms with Crippen LogP contribution in [0.5, 0.6) is 0 Å². The highest BCUT2D eigenvalue weighted by molar-refractivity contribution is 7.88. The van der Waals surface area contributed by atoms with Gasteiger partial charge in [-0.15, -0.1) is 0 Å². The van der Waals surface area contributed by atoms with Gasteiger partial charge in [0.2, 0.25) is 10.0 Å². The molecular weight excluding hydrogens is 392 g/mol. The summed E-state index contributed by atoms with van der Waals surface area (Å²) >= 11 is 0. The number of aromatic nitrogens is 5. The Bertz CT molecular complexity index is 1420. The van der Waals surface area contributed by atoms with E-state index in [0.29, 0.717) is 24.1 Å². The first kappa shape index (κ1) is 18.1. The van der Waals surface area contributed by atoms with Crippen molar-refractivity contribution in [2.75, 3.05) is 19.3 Å². The third-order valence-corrected chi connectivity index (χ3v) is 6.87. The molecule has 0 spiro atoms. The second-order valence-corrected chi connectivity index (χ2v) is 9.39. The van der Waals surface area contributed by atoms with E-state index in [1.165, 1.54) is 10.6 Å². The summed E-state index contributed by atoms with van der Waals surface area (Å²) in [5.74, 6) is 0. The fraction of sp³-hybridized carbons (Fsp3) is 0.316. The van der Waals surface area contributed by atoms with Crippen LogP contribution in [0.2, 0.25) is 0 Å². The molecule has 4 aromatic heterocycles. The summed E-state index contributed by atoms with van der Waals surface area (Å²) in [6.45, 7) is 0.681. The van der Waals surface area contributed by atoms with E-state index in [4.69, 9.17) is 4.98 Å². The molecule has 0 N–H and O–H groups in total. The highest BCUT2D eigenvalue weighted by atomic mass is 32.2. The van der Waals surface area contributed by atoms with E-state index in [-0.39, 0.29) is 18.3 Å². The van der Waals surface area contributed by atoms with Crippen molar-refractivity contribution in [3.8, 4) is 11.3 Å². The summed E-state index contributed by atoms with van der Waals surface area (Å²) in [6, 6.07) is 9.33. The van der Waals surface area contributed by atoms with E-state index in [9.17, 15) is 13.2 Å². The second kappa shape index (κ2) is 6.26. The Morgan fingerprint density at radius 3 is 2.72 bits per heavy atom. The van der Waals surface area contributed by atoms with E-state index in [1.54, 1.807) is 26.9 Å². The summed E-state index contributed by atoms with van der Waals surface area (Å²) in [5.41, 5.74) is 3.60. The number of pyridine rings is 2. The zero-order valence-electron chi connectivity index (χ0n) is 16.1. The number of nitrogens with zero attached hydrogens (tertiary/aromatic N) is 6. The molecule has 1 atom stereocenters. The van der Waals surface area contributed by atoms with Gasteiger partial charge in [-0.2, -0.15) is 5.10 Å². The van der Waals surface area contributed by atoms with Crippen LogP contribution in [0.15, 0.2) is 47.5 Å². The highest BCUT2D eigenvalue weighted by Gasteiger charge is 2.32. The quantitative estimate of drug-likeness (QED) is 0.505. The Labute approximate surface area is 166 Å². The van der Waals surface area contributed by atoms with Crippen LogP contribution in [0.1, 0.15) is 12.5 Å². The van der Waals surface area contributed by atoms with Gasteiger partial charge in [0.1, 0.15) is 0 Å². The van der Waals surface area contributed by atoms with Crippen LogP contribution in [-0.2, 0) is 17.1 Å². The molecule has 4 aromatic rings. The lowest BCUT2D eigenvalue weighted by Gasteiger charge is -2.14. The molecular formula is C19H20N6O3S. The number of rotatable bonds is 3. The topological polar surface area (TPSA) is 94.5 Å². The molecule has 1 saturated heterocycles. The Morgan fingerprint density at radius 2 is 1.97 bits per heavy atom. The van der Waals surface area contributed by atoms with Gasteiger partial charge < -0.3 is 0 Å². The molecule has 9 nitrogen and oxygen atoms in total. The minimum atomic E-state index is -3.29. The van der Waals surface area contributed by atoms with E-state index in [0.717, 1.165) is 16.8 Å². The van der Waals surface area contributed by atoms with Gasteiger partial charge in [0.25, 0.3) is 0 Å². The van der Waals surface area contributed by atoms with Gasteiger partial charge in [0.05, 0.1) is 35.2 Å². The first-order chi connectivity index (χ1) is 13.8. The first-order valence-electron chi connectivity index (χ1n) is 9.30. The number of sulfonamides is 1. The van der Waals surface area contributed by atoms with Crippen LogP contribution in [0, 0.1) is 0 Å². The largest absolute Gasteiger partial charge is 0.330 e. The molecule has 0 amide bonds. The predicted octanol–water partition coefficient (Wildman–Crippen LogP) is 1.26. The molecule has 1 aliphatic rings. The highest BCUT2D eigenvalue weighted by Crippen LogP contribution is 2.28. The van der Waals surface area contributed by atoms with Gasteiger partial charge in [-0.05, 0) is 30.7 Å². The van der Waals surface area contributed by atoms with E-state index >= 15 is 0 Å². The lowest BCUT2D eigenvalue weighted by atomic mass is 10.2. The van der Waals surface area contributed by atoms with Crippen molar-refractivity contribution < 1.29 is 8.42 Å². The van der Waals surface area contributed by atoms with Crippen LogP contribution in [0.4, 0.5) is 0 Å². The molecule has 150 valence electrons. The number of hydrogen-bond acceptors (Lipinski definition) is 5. The monoisotopic (exact) mass is 412 g/mol. The summed E-state index contributed by atoms with van der Waals surface area (Å²) in [7, 11) is -1.58. The molecule has 5 rings (SSSR count). The molecule has 0 bridgehead atoms. The minimum Gasteiger partial charge on any atom is -0.293 e. The maximum atomic E-state index is 12.9. The van der Waals surface area contributed by atoms with Crippen molar-refractivity contribution in [1.82, 2.24) is 28.0 Å². The normalized spacial score (nSPS) is 18.2. The lowest BCUT2D eigenvalue weighted by Crippen LogP contribution is -2.31. The minimum absolute atomic E-state index is 0.190. The molecule has 0 aliphatic carbocycles. The van der Waals surface area contributed by atoms with E-state index in [2.05, 4.69) is 5.10 Å². The fourth-order valence-corrected chi connectivity index (χ4v) is 4.95. The summed E-state index contributed by atoms with van der Waals surface area (Å²) < 4.78 is 30.2. The maximum Gasteiger partial charge on any atom is 0.330 e. The van der Waals surface area contributed by atoms with Crippen molar-refractivity contribution in [2.45, 2.75) is 12.5 Å². The standard InChI is InChI=1S/C19H20N6O3S/c1-22-17-7-6-15(14-11-20-24-9-4-3-5-16(14)24)21-18(17)25(19(22)26)13-8-10-23(12-13)29(2,27)28/h3-7,9,11,13H,8,10,12H2,1-2H3/t13-/m0/s1. The van der Waals surface area contributed by atoms with Gasteiger partial charge in [0, 0.05) is 31.9 Å². The SMILES string of the molecule is Cn1c(=O)n([C@H]2CCN(S(C)(=O)=O)C2)c2nc(-c3cnn4ccccc34)ccc21. The second-order valence-electron chi connectivity index (χ2n) is 7.40. The Morgan fingerprint density at radius 1 is 1.14 bits per heavy atom.